The fraction of sp³-hybridized carbons (Fsp3) is 0.682. The van der Waals surface area contributed by atoms with Crippen molar-refractivity contribution in [2.75, 3.05) is 58.9 Å². The Labute approximate surface area is 170 Å². The van der Waals surface area contributed by atoms with Gasteiger partial charge in [0.15, 0.2) is 5.96 Å². The number of guanidine groups is 1. The van der Waals surface area contributed by atoms with Gasteiger partial charge in [0.25, 0.3) is 0 Å². The predicted octanol–water partition coefficient (Wildman–Crippen LogP) is 1.82. The van der Waals surface area contributed by atoms with Crippen molar-refractivity contribution in [2.45, 2.75) is 33.3 Å². The van der Waals surface area contributed by atoms with Crippen LogP contribution in [0.5, 0.6) is 5.75 Å². The van der Waals surface area contributed by atoms with Crippen LogP contribution in [0, 0.1) is 5.92 Å². The average Bonchev–Trinajstić information content (AvgIpc) is 3.13. The van der Waals surface area contributed by atoms with E-state index in [1.54, 1.807) is 0 Å². The van der Waals surface area contributed by atoms with Crippen LogP contribution < -0.4 is 15.4 Å². The van der Waals surface area contributed by atoms with Gasteiger partial charge in [-0.1, -0.05) is 32.0 Å². The molecule has 0 aliphatic carbocycles. The normalized spacial score (nSPS) is 21.8. The first-order valence-corrected chi connectivity index (χ1v) is 10.9. The van der Waals surface area contributed by atoms with Gasteiger partial charge in [-0.05, 0) is 31.0 Å². The summed E-state index contributed by atoms with van der Waals surface area (Å²) >= 11 is 0. The first kappa shape index (κ1) is 20.9. The van der Waals surface area contributed by atoms with E-state index in [0.717, 1.165) is 44.3 Å². The Kier molecular flexibility index (Phi) is 7.98. The molecule has 1 aromatic carbocycles. The van der Waals surface area contributed by atoms with E-state index in [9.17, 15) is 0 Å². The molecule has 3 rings (SSSR count). The average molecular weight is 388 g/mol. The fourth-order valence-corrected chi connectivity index (χ4v) is 3.95. The Morgan fingerprint density at radius 2 is 1.89 bits per heavy atom. The lowest BCUT2D eigenvalue weighted by atomic mass is 10.1. The van der Waals surface area contributed by atoms with E-state index in [-0.39, 0.29) is 6.10 Å². The number of likely N-dealkylation sites (N-methyl/N-ethyl adjacent to an activating group) is 1. The number of para-hydroxylation sites is 1. The quantitative estimate of drug-likeness (QED) is 0.526. The summed E-state index contributed by atoms with van der Waals surface area (Å²) in [5, 5.41) is 6.83. The second kappa shape index (κ2) is 10.7. The summed E-state index contributed by atoms with van der Waals surface area (Å²) in [5.74, 6) is 2.47. The van der Waals surface area contributed by atoms with Crippen molar-refractivity contribution in [1.29, 1.82) is 0 Å². The lowest BCUT2D eigenvalue weighted by Crippen LogP contribution is -2.47. The van der Waals surface area contributed by atoms with Gasteiger partial charge in [-0.15, -0.1) is 0 Å². The Morgan fingerprint density at radius 3 is 2.61 bits per heavy atom. The van der Waals surface area contributed by atoms with Crippen molar-refractivity contribution < 1.29 is 4.74 Å². The molecule has 0 bridgehead atoms. The molecule has 1 saturated heterocycles. The molecule has 6 heteroatoms. The molecule has 0 saturated carbocycles. The number of nitrogens with zero attached hydrogens (tertiary/aromatic N) is 3. The number of aliphatic imine (C=N–C) groups is 1. The molecular formula is C22H37N5O. The Bertz CT molecular complexity index is 602. The molecular weight excluding hydrogens is 350 g/mol. The molecule has 1 fully saturated rings. The number of rotatable bonds is 8. The van der Waals surface area contributed by atoms with E-state index in [2.05, 4.69) is 59.4 Å². The molecule has 0 spiro atoms. The molecule has 2 aliphatic heterocycles. The fourth-order valence-electron chi connectivity index (χ4n) is 3.95. The van der Waals surface area contributed by atoms with Gasteiger partial charge in [-0.25, -0.2) is 0 Å². The number of fused-ring (bicyclic) bond motifs is 1. The maximum Gasteiger partial charge on any atom is 0.191 e. The van der Waals surface area contributed by atoms with E-state index < -0.39 is 0 Å². The lowest BCUT2D eigenvalue weighted by Gasteiger charge is -2.35. The number of hydrogen-bond acceptors (Lipinski definition) is 4. The molecule has 156 valence electrons. The third-order valence-electron chi connectivity index (χ3n) is 5.60. The number of hydrogen-bond donors (Lipinski definition) is 2. The van der Waals surface area contributed by atoms with Gasteiger partial charge in [-0.3, -0.25) is 4.99 Å². The lowest BCUT2D eigenvalue weighted by molar-refractivity contribution is 0.125. The highest BCUT2D eigenvalue weighted by Crippen LogP contribution is 2.27. The summed E-state index contributed by atoms with van der Waals surface area (Å²) in [6.45, 7) is 16.2. The highest BCUT2D eigenvalue weighted by atomic mass is 16.5. The molecule has 2 unspecified atom stereocenters. The second-order valence-corrected chi connectivity index (χ2v) is 7.99. The monoisotopic (exact) mass is 387 g/mol. The first-order chi connectivity index (χ1) is 13.7. The first-order valence-electron chi connectivity index (χ1n) is 10.9. The zero-order valence-electron chi connectivity index (χ0n) is 17.8. The standard InChI is InChI=1S/C22H37N5O/c1-4-23-22(25-16-20-14-19-8-6-7-9-21(19)28-20)24-15-18(3)17-27-12-10-26(5-2)11-13-27/h6-9,18,20H,4-5,10-17H2,1-3H3,(H2,23,24,25). The van der Waals surface area contributed by atoms with Gasteiger partial charge in [0.05, 0.1) is 6.54 Å². The zero-order chi connectivity index (χ0) is 19.8. The number of piperazine rings is 1. The summed E-state index contributed by atoms with van der Waals surface area (Å²) in [6.07, 6.45) is 1.14. The Hall–Kier alpha value is -1.79. The van der Waals surface area contributed by atoms with E-state index in [1.165, 1.54) is 38.3 Å². The Balaban J connectivity index is 1.41. The zero-order valence-corrected chi connectivity index (χ0v) is 17.8. The minimum absolute atomic E-state index is 0.175. The van der Waals surface area contributed by atoms with E-state index in [4.69, 9.17) is 9.73 Å². The van der Waals surface area contributed by atoms with Crippen molar-refractivity contribution in [3.05, 3.63) is 29.8 Å². The van der Waals surface area contributed by atoms with Crippen LogP contribution >= 0.6 is 0 Å². The molecule has 2 heterocycles. The van der Waals surface area contributed by atoms with Gasteiger partial charge in [0.1, 0.15) is 11.9 Å². The van der Waals surface area contributed by atoms with Crippen LogP contribution in [-0.4, -0.2) is 80.8 Å². The van der Waals surface area contributed by atoms with Crippen LogP contribution in [0.25, 0.3) is 0 Å². The molecule has 6 nitrogen and oxygen atoms in total. The van der Waals surface area contributed by atoms with E-state index >= 15 is 0 Å². The topological polar surface area (TPSA) is 52.1 Å². The summed E-state index contributed by atoms with van der Waals surface area (Å²) in [5.41, 5.74) is 1.30. The molecule has 0 radical (unpaired) electrons. The summed E-state index contributed by atoms with van der Waals surface area (Å²) < 4.78 is 6.02. The third kappa shape index (κ3) is 6.11. The second-order valence-electron chi connectivity index (χ2n) is 7.99. The van der Waals surface area contributed by atoms with Crippen molar-refractivity contribution in [2.24, 2.45) is 10.9 Å². The minimum Gasteiger partial charge on any atom is -0.488 e. The van der Waals surface area contributed by atoms with Crippen LogP contribution in [0.15, 0.2) is 29.3 Å². The van der Waals surface area contributed by atoms with Gasteiger partial charge >= 0.3 is 0 Å². The molecule has 0 amide bonds. The largest absolute Gasteiger partial charge is 0.488 e. The molecule has 2 atom stereocenters. The highest BCUT2D eigenvalue weighted by Gasteiger charge is 2.22. The van der Waals surface area contributed by atoms with Crippen LogP contribution in [0.1, 0.15) is 26.3 Å². The van der Waals surface area contributed by atoms with Crippen molar-refractivity contribution in [1.82, 2.24) is 20.4 Å². The highest BCUT2D eigenvalue weighted by molar-refractivity contribution is 5.79. The molecule has 0 aromatic heterocycles. The maximum atomic E-state index is 6.02. The Morgan fingerprint density at radius 1 is 1.14 bits per heavy atom. The van der Waals surface area contributed by atoms with Gasteiger partial charge in [0, 0.05) is 52.2 Å². The number of ether oxygens (including phenoxy) is 1. The molecule has 2 aliphatic rings. The predicted molar refractivity (Wildman–Crippen MR) is 116 cm³/mol. The van der Waals surface area contributed by atoms with Gasteiger partial charge in [-0.2, -0.15) is 0 Å². The molecule has 2 N–H and O–H groups in total. The van der Waals surface area contributed by atoms with Crippen LogP contribution in [-0.2, 0) is 6.42 Å². The van der Waals surface area contributed by atoms with Crippen LogP contribution in [0.2, 0.25) is 0 Å². The molecule has 28 heavy (non-hydrogen) atoms. The summed E-state index contributed by atoms with van der Waals surface area (Å²) in [4.78, 5) is 9.93. The van der Waals surface area contributed by atoms with Gasteiger partial charge in [0.2, 0.25) is 0 Å². The smallest absolute Gasteiger partial charge is 0.191 e. The molecule has 1 aromatic rings. The van der Waals surface area contributed by atoms with Crippen molar-refractivity contribution in [3.63, 3.8) is 0 Å². The van der Waals surface area contributed by atoms with Crippen molar-refractivity contribution in [3.8, 4) is 5.75 Å². The van der Waals surface area contributed by atoms with E-state index in [1.807, 2.05) is 6.07 Å². The van der Waals surface area contributed by atoms with Gasteiger partial charge < -0.3 is 25.2 Å². The minimum atomic E-state index is 0.175. The van der Waals surface area contributed by atoms with Crippen molar-refractivity contribution >= 4 is 5.96 Å². The maximum absolute atomic E-state index is 6.02. The summed E-state index contributed by atoms with van der Waals surface area (Å²) in [6, 6.07) is 8.31. The SMILES string of the molecule is CCNC(=NCC(C)CN1CCN(CC)CC1)NCC1Cc2ccccc2O1. The number of nitrogens with one attached hydrogen (secondary N) is 2. The summed E-state index contributed by atoms with van der Waals surface area (Å²) in [7, 11) is 0. The number of benzene rings is 1. The van der Waals surface area contributed by atoms with Crippen LogP contribution in [0.4, 0.5) is 0 Å². The van der Waals surface area contributed by atoms with Crippen LogP contribution in [0.3, 0.4) is 0 Å². The van der Waals surface area contributed by atoms with E-state index in [0.29, 0.717) is 5.92 Å². The third-order valence-corrected chi connectivity index (χ3v) is 5.60.